The Kier molecular flexibility index (Phi) is 4.55. The quantitative estimate of drug-likeness (QED) is 0.932. The molecule has 1 saturated heterocycles. The van der Waals surface area contributed by atoms with Crippen LogP contribution < -0.4 is 0 Å². The van der Waals surface area contributed by atoms with Crippen LogP contribution in [0.4, 0.5) is 0 Å². The van der Waals surface area contributed by atoms with Gasteiger partial charge in [0.1, 0.15) is 0 Å². The summed E-state index contributed by atoms with van der Waals surface area (Å²) in [4.78, 5) is 33.1. The molecule has 3 rings (SSSR count). The van der Waals surface area contributed by atoms with Crippen LogP contribution in [-0.2, 0) is 11.2 Å². The molecule has 0 aliphatic carbocycles. The molecule has 1 aliphatic rings. The fourth-order valence-corrected chi connectivity index (χ4v) is 3.00. The maximum atomic E-state index is 11.4. The molecule has 2 heterocycles. The monoisotopic (exact) mass is 325 g/mol. The van der Waals surface area contributed by atoms with E-state index in [1.165, 1.54) is 0 Å². The first kappa shape index (κ1) is 16.1. The molecule has 1 amide bonds. The molecule has 0 saturated carbocycles. The summed E-state index contributed by atoms with van der Waals surface area (Å²) in [5.41, 5.74) is 2.51. The second-order valence-corrected chi connectivity index (χ2v) is 6.10. The molecule has 1 N–H and O–H groups in total. The molecule has 1 unspecified atom stereocenters. The highest BCUT2D eigenvalue weighted by molar-refractivity contribution is 5.89. The van der Waals surface area contributed by atoms with Crippen LogP contribution in [0, 0.1) is 5.92 Å². The highest BCUT2D eigenvalue weighted by atomic mass is 16.4. The van der Waals surface area contributed by atoms with Crippen LogP contribution >= 0.6 is 0 Å². The summed E-state index contributed by atoms with van der Waals surface area (Å²) in [6, 6.07) is 6.66. The normalized spacial score (nSPS) is 17.0. The van der Waals surface area contributed by atoms with Crippen molar-refractivity contribution in [1.82, 2.24) is 14.9 Å². The van der Waals surface area contributed by atoms with E-state index in [1.807, 2.05) is 11.0 Å². The topological polar surface area (TPSA) is 83.4 Å². The van der Waals surface area contributed by atoms with Gasteiger partial charge in [0.05, 0.1) is 23.1 Å². The average Bonchev–Trinajstić information content (AvgIpc) is 3.04. The van der Waals surface area contributed by atoms with E-state index in [1.54, 1.807) is 37.5 Å². The second-order valence-electron chi connectivity index (χ2n) is 6.10. The van der Waals surface area contributed by atoms with Gasteiger partial charge in [-0.1, -0.05) is 12.1 Å². The zero-order chi connectivity index (χ0) is 17.1. The number of rotatable bonds is 4. The number of benzene rings is 1. The minimum Gasteiger partial charge on any atom is -0.478 e. The Bertz CT molecular complexity index is 758. The molecule has 1 fully saturated rings. The summed E-state index contributed by atoms with van der Waals surface area (Å²) in [5, 5.41) is 9.06. The molecule has 2 aromatic rings. The standard InChI is InChI=1S/C18H19N3O3/c1-12(22)21-6-5-13(11-21)7-16-9-20-17(10-19-16)14-3-2-4-15(8-14)18(23)24/h2-4,8-10,13H,5-7,11H2,1H3,(H,23,24). The first-order chi connectivity index (χ1) is 11.5. The third-order valence-electron chi connectivity index (χ3n) is 4.34. The second kappa shape index (κ2) is 6.78. The third kappa shape index (κ3) is 3.59. The van der Waals surface area contributed by atoms with Gasteiger partial charge >= 0.3 is 5.97 Å². The van der Waals surface area contributed by atoms with Gasteiger partial charge in [-0.3, -0.25) is 14.8 Å². The van der Waals surface area contributed by atoms with Crippen LogP contribution in [-0.4, -0.2) is 44.9 Å². The summed E-state index contributed by atoms with van der Waals surface area (Å²) in [7, 11) is 0. The first-order valence-electron chi connectivity index (χ1n) is 7.93. The lowest BCUT2D eigenvalue weighted by molar-refractivity contribution is -0.127. The number of aromatic nitrogens is 2. The van der Waals surface area contributed by atoms with Crippen molar-refractivity contribution in [1.29, 1.82) is 0 Å². The number of hydrogen-bond donors (Lipinski definition) is 1. The molecule has 124 valence electrons. The average molecular weight is 325 g/mol. The highest BCUT2D eigenvalue weighted by Gasteiger charge is 2.24. The number of hydrogen-bond acceptors (Lipinski definition) is 4. The molecule has 1 aromatic heterocycles. The molecular weight excluding hydrogens is 306 g/mol. The van der Waals surface area contributed by atoms with Crippen LogP contribution in [0.2, 0.25) is 0 Å². The summed E-state index contributed by atoms with van der Waals surface area (Å²) in [5.74, 6) is -0.417. The van der Waals surface area contributed by atoms with Crippen molar-refractivity contribution in [3.05, 3.63) is 47.9 Å². The Labute approximate surface area is 140 Å². The zero-order valence-electron chi connectivity index (χ0n) is 13.5. The molecule has 6 nitrogen and oxygen atoms in total. The van der Waals surface area contributed by atoms with E-state index in [9.17, 15) is 9.59 Å². The van der Waals surface area contributed by atoms with Gasteiger partial charge in [0, 0.05) is 31.8 Å². The van der Waals surface area contributed by atoms with Gasteiger partial charge < -0.3 is 10.0 Å². The van der Waals surface area contributed by atoms with Gasteiger partial charge in [-0.25, -0.2) is 4.79 Å². The van der Waals surface area contributed by atoms with Crippen molar-refractivity contribution in [2.24, 2.45) is 5.92 Å². The fraction of sp³-hybridized carbons (Fsp3) is 0.333. The van der Waals surface area contributed by atoms with E-state index in [-0.39, 0.29) is 11.5 Å². The summed E-state index contributed by atoms with van der Waals surface area (Å²) < 4.78 is 0. The molecule has 24 heavy (non-hydrogen) atoms. The lowest BCUT2D eigenvalue weighted by Crippen LogP contribution is -2.26. The number of likely N-dealkylation sites (tertiary alicyclic amines) is 1. The van der Waals surface area contributed by atoms with Gasteiger partial charge in [-0.15, -0.1) is 0 Å². The van der Waals surface area contributed by atoms with Gasteiger partial charge in [-0.05, 0) is 30.9 Å². The Morgan fingerprint density at radius 3 is 2.75 bits per heavy atom. The predicted molar refractivity (Wildman–Crippen MR) is 88.5 cm³/mol. The number of carboxylic acid groups (broad SMARTS) is 1. The van der Waals surface area contributed by atoms with Crippen molar-refractivity contribution < 1.29 is 14.7 Å². The van der Waals surface area contributed by atoms with Gasteiger partial charge in [0.25, 0.3) is 0 Å². The number of amides is 1. The minimum atomic E-state index is -0.960. The van der Waals surface area contributed by atoms with Crippen LogP contribution in [0.1, 0.15) is 29.4 Å². The minimum absolute atomic E-state index is 0.122. The molecule has 0 bridgehead atoms. The number of carboxylic acids is 1. The smallest absolute Gasteiger partial charge is 0.335 e. The summed E-state index contributed by atoms with van der Waals surface area (Å²) in [6.45, 7) is 3.19. The van der Waals surface area contributed by atoms with Crippen LogP contribution in [0.5, 0.6) is 0 Å². The van der Waals surface area contributed by atoms with E-state index in [4.69, 9.17) is 5.11 Å². The van der Waals surface area contributed by atoms with Crippen LogP contribution in [0.3, 0.4) is 0 Å². The van der Waals surface area contributed by atoms with Gasteiger partial charge in [0.2, 0.25) is 5.91 Å². The number of carbonyl (C=O) groups excluding carboxylic acids is 1. The predicted octanol–water partition coefficient (Wildman–Crippen LogP) is 2.25. The largest absolute Gasteiger partial charge is 0.478 e. The first-order valence-corrected chi connectivity index (χ1v) is 7.93. The highest BCUT2D eigenvalue weighted by Crippen LogP contribution is 2.21. The molecule has 0 radical (unpaired) electrons. The molecule has 1 aliphatic heterocycles. The third-order valence-corrected chi connectivity index (χ3v) is 4.34. The van der Waals surface area contributed by atoms with Crippen molar-refractivity contribution in [2.45, 2.75) is 19.8 Å². The molecule has 0 spiro atoms. The molecule has 6 heteroatoms. The lowest BCUT2D eigenvalue weighted by Gasteiger charge is -2.13. The molecule has 1 atom stereocenters. The summed E-state index contributed by atoms with van der Waals surface area (Å²) in [6.07, 6.45) is 5.20. The van der Waals surface area contributed by atoms with Crippen molar-refractivity contribution in [3.8, 4) is 11.3 Å². The Balaban J connectivity index is 1.69. The number of nitrogens with zero attached hydrogens (tertiary/aromatic N) is 3. The van der Waals surface area contributed by atoms with Crippen molar-refractivity contribution >= 4 is 11.9 Å². The fourth-order valence-electron chi connectivity index (χ4n) is 3.00. The Morgan fingerprint density at radius 1 is 1.29 bits per heavy atom. The van der Waals surface area contributed by atoms with E-state index in [0.717, 1.165) is 37.2 Å². The molecule has 1 aromatic carbocycles. The van der Waals surface area contributed by atoms with Gasteiger partial charge in [0.15, 0.2) is 0 Å². The van der Waals surface area contributed by atoms with E-state index in [0.29, 0.717) is 11.6 Å². The maximum Gasteiger partial charge on any atom is 0.335 e. The van der Waals surface area contributed by atoms with Crippen molar-refractivity contribution in [2.75, 3.05) is 13.1 Å². The number of carbonyl (C=O) groups is 2. The van der Waals surface area contributed by atoms with Gasteiger partial charge in [-0.2, -0.15) is 0 Å². The summed E-state index contributed by atoms with van der Waals surface area (Å²) >= 11 is 0. The molecular formula is C18H19N3O3. The van der Waals surface area contributed by atoms with Crippen LogP contribution in [0.15, 0.2) is 36.7 Å². The van der Waals surface area contributed by atoms with Crippen LogP contribution in [0.25, 0.3) is 11.3 Å². The Hall–Kier alpha value is -2.76. The number of aromatic carboxylic acids is 1. The maximum absolute atomic E-state index is 11.4. The Morgan fingerprint density at radius 2 is 2.12 bits per heavy atom. The zero-order valence-corrected chi connectivity index (χ0v) is 13.5. The van der Waals surface area contributed by atoms with E-state index >= 15 is 0 Å². The van der Waals surface area contributed by atoms with Crippen molar-refractivity contribution in [3.63, 3.8) is 0 Å². The van der Waals surface area contributed by atoms with E-state index in [2.05, 4.69) is 9.97 Å². The SMILES string of the molecule is CC(=O)N1CCC(Cc2cnc(-c3cccc(C(=O)O)c3)cn2)C1. The lowest BCUT2D eigenvalue weighted by atomic mass is 10.0. The van der Waals surface area contributed by atoms with E-state index < -0.39 is 5.97 Å².